The van der Waals surface area contributed by atoms with Crippen LogP contribution in [0.1, 0.15) is 56.1 Å². The van der Waals surface area contributed by atoms with Gasteiger partial charge in [0.1, 0.15) is 11.8 Å². The molecule has 5 rings (SSSR count). The lowest BCUT2D eigenvalue weighted by Crippen LogP contribution is -2.52. The predicted molar refractivity (Wildman–Crippen MR) is 155 cm³/mol. The van der Waals surface area contributed by atoms with E-state index in [-0.39, 0.29) is 61.0 Å². The number of carbonyl (C=O) groups is 4. The Morgan fingerprint density at radius 2 is 1.61 bits per heavy atom. The Bertz CT molecular complexity index is 1260. The number of carbonyl (C=O) groups excluding carboxylic acids is 4. The number of amides is 4. The van der Waals surface area contributed by atoms with Gasteiger partial charge in [-0.25, -0.2) is 0 Å². The summed E-state index contributed by atoms with van der Waals surface area (Å²) in [4.78, 5) is 56.8. The van der Waals surface area contributed by atoms with Crippen molar-refractivity contribution >= 4 is 23.6 Å². The van der Waals surface area contributed by atoms with Gasteiger partial charge in [-0.1, -0.05) is 67.5 Å². The fraction of sp³-hybridized carbons (Fsp3) is 0.455. The first-order valence-electron chi connectivity index (χ1n) is 14.7. The van der Waals surface area contributed by atoms with Crippen LogP contribution in [-0.2, 0) is 32.1 Å². The van der Waals surface area contributed by atoms with Gasteiger partial charge in [-0.15, -0.1) is 0 Å². The summed E-state index contributed by atoms with van der Waals surface area (Å²) in [6, 6.07) is 16.5. The summed E-state index contributed by atoms with van der Waals surface area (Å²) < 4.78 is 5.40. The number of hydrogen-bond acceptors (Lipinski definition) is 5. The number of fused-ring (bicyclic) bond motifs is 1. The van der Waals surface area contributed by atoms with E-state index in [0.717, 1.165) is 36.8 Å². The summed E-state index contributed by atoms with van der Waals surface area (Å²) in [5.41, 5.74) is 1.78. The van der Waals surface area contributed by atoms with Crippen molar-refractivity contribution in [2.75, 3.05) is 13.7 Å². The quantitative estimate of drug-likeness (QED) is 0.332. The lowest BCUT2D eigenvalue weighted by molar-refractivity contribution is -0.144. The number of imide groups is 1. The predicted octanol–water partition coefficient (Wildman–Crippen LogP) is 4.04. The SMILES string of the molecule is COc1cccc(CN(C(=O)CCN2C(=O)[C@H]3CC=CC[C@H]3C2=O)[C@@H](Cc2ccccc2)C(=O)NC2CCCC2)c1. The van der Waals surface area contributed by atoms with Crippen molar-refractivity contribution < 1.29 is 23.9 Å². The molecule has 216 valence electrons. The third kappa shape index (κ3) is 6.69. The average molecular weight is 558 g/mol. The van der Waals surface area contributed by atoms with Crippen LogP contribution in [0.5, 0.6) is 5.75 Å². The average Bonchev–Trinajstić information content (AvgIpc) is 3.60. The van der Waals surface area contributed by atoms with Crippen LogP contribution in [0, 0.1) is 11.8 Å². The smallest absolute Gasteiger partial charge is 0.243 e. The third-order valence-corrected chi connectivity index (χ3v) is 8.61. The number of hydrogen-bond donors (Lipinski definition) is 1. The molecule has 8 nitrogen and oxygen atoms in total. The van der Waals surface area contributed by atoms with Crippen LogP contribution in [-0.4, -0.2) is 59.2 Å². The molecule has 0 radical (unpaired) electrons. The highest BCUT2D eigenvalue weighted by Crippen LogP contribution is 2.35. The Morgan fingerprint density at radius 3 is 2.27 bits per heavy atom. The van der Waals surface area contributed by atoms with E-state index in [2.05, 4.69) is 5.32 Å². The number of nitrogens with one attached hydrogen (secondary N) is 1. The zero-order valence-corrected chi connectivity index (χ0v) is 23.7. The van der Waals surface area contributed by atoms with Crippen molar-refractivity contribution in [3.63, 3.8) is 0 Å². The number of rotatable bonds is 11. The minimum absolute atomic E-state index is 0.0143. The number of methoxy groups -OCH3 is 1. The van der Waals surface area contributed by atoms with Crippen molar-refractivity contribution in [1.29, 1.82) is 0 Å². The molecule has 3 atom stereocenters. The number of allylic oxidation sites excluding steroid dienone is 2. The maximum atomic E-state index is 14.0. The molecule has 1 aliphatic heterocycles. The van der Waals surface area contributed by atoms with Crippen LogP contribution >= 0.6 is 0 Å². The first-order chi connectivity index (χ1) is 19.9. The van der Waals surface area contributed by atoms with Crippen LogP contribution in [0.3, 0.4) is 0 Å². The molecule has 1 saturated carbocycles. The van der Waals surface area contributed by atoms with E-state index in [9.17, 15) is 19.2 Å². The fourth-order valence-corrected chi connectivity index (χ4v) is 6.33. The second-order valence-electron chi connectivity index (χ2n) is 11.3. The van der Waals surface area contributed by atoms with Crippen LogP contribution in [0.4, 0.5) is 0 Å². The number of likely N-dealkylation sites (tertiary alicyclic amines) is 1. The van der Waals surface area contributed by atoms with Crippen LogP contribution < -0.4 is 10.1 Å². The van der Waals surface area contributed by atoms with Gasteiger partial charge in [0.2, 0.25) is 23.6 Å². The molecule has 41 heavy (non-hydrogen) atoms. The van der Waals surface area contributed by atoms with E-state index in [1.807, 2.05) is 66.7 Å². The monoisotopic (exact) mass is 557 g/mol. The summed E-state index contributed by atoms with van der Waals surface area (Å²) in [6.07, 6.45) is 9.36. The Morgan fingerprint density at radius 1 is 0.951 bits per heavy atom. The van der Waals surface area contributed by atoms with E-state index in [1.54, 1.807) is 12.0 Å². The summed E-state index contributed by atoms with van der Waals surface area (Å²) in [5, 5.41) is 3.20. The standard InChI is InChI=1S/C33H39N3O5/c1-41-26-15-9-12-24(20-26)22-36(30(37)18-19-35-32(39)27-16-7-8-17-28(27)33(35)40)29(21-23-10-3-2-4-11-23)31(38)34-25-13-5-6-14-25/h2-4,7-12,15,20,25,27-29H,5-6,13-14,16-19,21-22H2,1H3,(H,34,38)/t27-,28+,29-/m0/s1. The molecule has 0 aromatic heterocycles. The van der Waals surface area contributed by atoms with Gasteiger partial charge in [0.15, 0.2) is 0 Å². The highest BCUT2D eigenvalue weighted by atomic mass is 16.5. The molecule has 1 heterocycles. The Hall–Kier alpha value is -3.94. The minimum atomic E-state index is -0.756. The summed E-state index contributed by atoms with van der Waals surface area (Å²) >= 11 is 0. The van der Waals surface area contributed by atoms with Gasteiger partial charge < -0.3 is 15.0 Å². The van der Waals surface area contributed by atoms with E-state index >= 15 is 0 Å². The van der Waals surface area contributed by atoms with Gasteiger partial charge in [-0.2, -0.15) is 0 Å². The molecule has 4 amide bonds. The zero-order chi connectivity index (χ0) is 28.8. The van der Waals surface area contributed by atoms with E-state index in [4.69, 9.17) is 4.74 Å². The van der Waals surface area contributed by atoms with E-state index in [0.29, 0.717) is 25.0 Å². The largest absolute Gasteiger partial charge is 0.497 e. The number of benzene rings is 2. The molecule has 8 heteroatoms. The maximum absolute atomic E-state index is 14.0. The molecule has 2 aliphatic carbocycles. The molecule has 2 fully saturated rings. The molecule has 0 spiro atoms. The Labute approximate surface area is 241 Å². The summed E-state index contributed by atoms with van der Waals surface area (Å²) in [7, 11) is 1.59. The van der Waals surface area contributed by atoms with Crippen LogP contribution in [0.25, 0.3) is 0 Å². The molecule has 1 saturated heterocycles. The van der Waals surface area contributed by atoms with Crippen molar-refractivity contribution in [2.45, 2.75) is 70.0 Å². The molecular formula is C33H39N3O5. The summed E-state index contributed by atoms with van der Waals surface area (Å²) in [5.74, 6) is -0.856. The van der Waals surface area contributed by atoms with Gasteiger partial charge in [0, 0.05) is 32.0 Å². The molecule has 3 aliphatic rings. The Balaban J connectivity index is 1.40. The first-order valence-corrected chi connectivity index (χ1v) is 14.7. The van der Waals surface area contributed by atoms with Crippen LogP contribution in [0.2, 0.25) is 0 Å². The maximum Gasteiger partial charge on any atom is 0.243 e. The second kappa shape index (κ2) is 13.1. The van der Waals surface area contributed by atoms with E-state index < -0.39 is 6.04 Å². The topological polar surface area (TPSA) is 96.0 Å². The highest BCUT2D eigenvalue weighted by molar-refractivity contribution is 6.05. The molecule has 0 bridgehead atoms. The van der Waals surface area contributed by atoms with E-state index in [1.165, 1.54) is 4.90 Å². The lowest BCUT2D eigenvalue weighted by atomic mass is 9.85. The third-order valence-electron chi connectivity index (χ3n) is 8.61. The van der Waals surface area contributed by atoms with Crippen molar-refractivity contribution in [3.05, 3.63) is 77.9 Å². The van der Waals surface area contributed by atoms with Gasteiger partial charge in [0.05, 0.1) is 18.9 Å². The molecule has 2 aromatic carbocycles. The minimum Gasteiger partial charge on any atom is -0.497 e. The van der Waals surface area contributed by atoms with Gasteiger partial charge >= 0.3 is 0 Å². The normalized spacial score (nSPS) is 21.0. The van der Waals surface area contributed by atoms with Crippen LogP contribution in [0.15, 0.2) is 66.7 Å². The van der Waals surface area contributed by atoms with Crippen molar-refractivity contribution in [2.24, 2.45) is 11.8 Å². The lowest BCUT2D eigenvalue weighted by Gasteiger charge is -2.33. The second-order valence-corrected chi connectivity index (χ2v) is 11.3. The van der Waals surface area contributed by atoms with Gasteiger partial charge in [0.25, 0.3) is 0 Å². The fourth-order valence-electron chi connectivity index (χ4n) is 6.33. The van der Waals surface area contributed by atoms with Gasteiger partial charge in [-0.05, 0) is 48.9 Å². The highest BCUT2D eigenvalue weighted by Gasteiger charge is 2.47. The Kier molecular flexibility index (Phi) is 9.17. The van der Waals surface area contributed by atoms with Crippen molar-refractivity contribution in [1.82, 2.24) is 15.1 Å². The number of ether oxygens (including phenoxy) is 1. The van der Waals surface area contributed by atoms with Crippen molar-refractivity contribution in [3.8, 4) is 5.75 Å². The summed E-state index contributed by atoms with van der Waals surface area (Å²) in [6.45, 7) is 0.211. The molecule has 0 unspecified atom stereocenters. The van der Waals surface area contributed by atoms with Gasteiger partial charge in [-0.3, -0.25) is 24.1 Å². The molecule has 1 N–H and O–H groups in total. The molecule has 2 aromatic rings. The zero-order valence-electron chi connectivity index (χ0n) is 23.7. The molecular weight excluding hydrogens is 518 g/mol. The number of nitrogens with zero attached hydrogens (tertiary/aromatic N) is 2. The first kappa shape index (κ1) is 28.6.